The summed E-state index contributed by atoms with van der Waals surface area (Å²) in [4.78, 5) is 43.2. The van der Waals surface area contributed by atoms with Crippen LogP contribution in [0.1, 0.15) is 27.4 Å². The molecule has 1 aliphatic heterocycles. The third-order valence-corrected chi connectivity index (χ3v) is 5.89. The molecule has 3 aromatic rings. The van der Waals surface area contributed by atoms with E-state index in [0.717, 1.165) is 28.6 Å². The second kappa shape index (κ2) is 9.75. The first-order valence-electron chi connectivity index (χ1n) is 10.6. The van der Waals surface area contributed by atoms with Gasteiger partial charge in [0.2, 0.25) is 5.91 Å². The Morgan fingerprint density at radius 3 is 2.76 bits per heavy atom. The standard InChI is InChI=1S/C22H25BrN6O4/c1-28(2)7-6-15-16-9-13(5-8-29-19(30)12-25-22(29)32)3-4-17(16)26-20(15)21(31)24-11-14-10-18(23)27-33-14/h3-4,9-10,26H,5-8,11-12H2,1-2H3,(H,24,31)(H,25,32). The van der Waals surface area contributed by atoms with Crippen molar-refractivity contribution in [2.24, 2.45) is 0 Å². The molecular formula is C22H25BrN6O4. The molecule has 0 atom stereocenters. The lowest BCUT2D eigenvalue weighted by molar-refractivity contribution is -0.124. The van der Waals surface area contributed by atoms with E-state index in [1.807, 2.05) is 32.3 Å². The number of carbonyl (C=O) groups is 3. The maximum atomic E-state index is 13.0. The molecule has 4 rings (SSSR count). The fraction of sp³-hybridized carbons (Fsp3) is 0.364. The van der Waals surface area contributed by atoms with Crippen molar-refractivity contribution in [3.05, 3.63) is 51.4 Å². The SMILES string of the molecule is CN(C)CCc1c(C(=O)NCc2cc(Br)no2)[nH]c2ccc(CCN3C(=O)CNC3=O)cc12. The van der Waals surface area contributed by atoms with Crippen molar-refractivity contribution in [2.45, 2.75) is 19.4 Å². The molecule has 174 valence electrons. The molecule has 3 heterocycles. The van der Waals surface area contributed by atoms with Gasteiger partial charge in [-0.05, 0) is 66.1 Å². The second-order valence-electron chi connectivity index (χ2n) is 8.16. The summed E-state index contributed by atoms with van der Waals surface area (Å²) < 4.78 is 5.71. The van der Waals surface area contributed by atoms with Gasteiger partial charge in [0, 0.05) is 30.1 Å². The molecule has 0 spiro atoms. The van der Waals surface area contributed by atoms with E-state index in [0.29, 0.717) is 35.4 Å². The number of benzene rings is 1. The molecular weight excluding hydrogens is 492 g/mol. The van der Waals surface area contributed by atoms with E-state index in [4.69, 9.17) is 4.52 Å². The minimum Gasteiger partial charge on any atom is -0.358 e. The molecule has 0 bridgehead atoms. The normalized spacial score (nSPS) is 13.9. The van der Waals surface area contributed by atoms with Gasteiger partial charge in [0.05, 0.1) is 13.1 Å². The van der Waals surface area contributed by atoms with E-state index in [1.54, 1.807) is 6.07 Å². The maximum absolute atomic E-state index is 13.0. The molecule has 1 aromatic carbocycles. The summed E-state index contributed by atoms with van der Waals surface area (Å²) >= 11 is 3.23. The first-order chi connectivity index (χ1) is 15.8. The van der Waals surface area contributed by atoms with E-state index in [9.17, 15) is 14.4 Å². The molecule has 0 unspecified atom stereocenters. The lowest BCUT2D eigenvalue weighted by Crippen LogP contribution is -2.32. The number of nitrogens with zero attached hydrogens (tertiary/aromatic N) is 3. The first-order valence-corrected chi connectivity index (χ1v) is 11.4. The van der Waals surface area contributed by atoms with Crippen LogP contribution >= 0.6 is 15.9 Å². The zero-order chi connectivity index (χ0) is 23.5. The summed E-state index contributed by atoms with van der Waals surface area (Å²) in [7, 11) is 3.97. The monoisotopic (exact) mass is 516 g/mol. The van der Waals surface area contributed by atoms with Crippen LogP contribution in [-0.4, -0.2) is 71.5 Å². The van der Waals surface area contributed by atoms with Crippen LogP contribution in [0, 0.1) is 0 Å². The van der Waals surface area contributed by atoms with Gasteiger partial charge in [0.1, 0.15) is 10.3 Å². The van der Waals surface area contributed by atoms with E-state index >= 15 is 0 Å². The summed E-state index contributed by atoms with van der Waals surface area (Å²) in [5.74, 6) is 0.101. The van der Waals surface area contributed by atoms with E-state index in [1.165, 1.54) is 4.90 Å². The zero-order valence-electron chi connectivity index (χ0n) is 18.4. The second-order valence-corrected chi connectivity index (χ2v) is 8.98. The highest BCUT2D eigenvalue weighted by molar-refractivity contribution is 9.10. The minimum absolute atomic E-state index is 0.0495. The van der Waals surface area contributed by atoms with Gasteiger partial charge in [-0.2, -0.15) is 0 Å². The molecule has 0 aliphatic carbocycles. The third-order valence-electron chi connectivity index (χ3n) is 5.52. The first kappa shape index (κ1) is 23.0. The van der Waals surface area contributed by atoms with Crippen molar-refractivity contribution < 1.29 is 18.9 Å². The molecule has 33 heavy (non-hydrogen) atoms. The smallest absolute Gasteiger partial charge is 0.324 e. The highest BCUT2D eigenvalue weighted by Gasteiger charge is 2.28. The molecule has 3 N–H and O–H groups in total. The van der Waals surface area contributed by atoms with E-state index in [-0.39, 0.29) is 30.9 Å². The third kappa shape index (κ3) is 5.25. The van der Waals surface area contributed by atoms with Crippen molar-refractivity contribution in [1.82, 2.24) is 30.6 Å². The van der Waals surface area contributed by atoms with E-state index < -0.39 is 0 Å². The number of urea groups is 1. The predicted octanol–water partition coefficient (Wildman–Crippen LogP) is 2.05. The van der Waals surface area contributed by atoms with Gasteiger partial charge in [-0.25, -0.2) is 4.79 Å². The van der Waals surface area contributed by atoms with Crippen LogP contribution in [0.4, 0.5) is 4.79 Å². The van der Waals surface area contributed by atoms with Crippen molar-refractivity contribution in [1.29, 1.82) is 0 Å². The lowest BCUT2D eigenvalue weighted by Gasteiger charge is -2.12. The zero-order valence-corrected chi connectivity index (χ0v) is 20.0. The Balaban J connectivity index is 1.56. The Morgan fingerprint density at radius 1 is 1.27 bits per heavy atom. The maximum Gasteiger partial charge on any atom is 0.324 e. The Hall–Kier alpha value is -3.18. The highest BCUT2D eigenvalue weighted by Crippen LogP contribution is 2.25. The van der Waals surface area contributed by atoms with Gasteiger partial charge in [0.25, 0.3) is 5.91 Å². The number of halogens is 1. The predicted molar refractivity (Wildman–Crippen MR) is 125 cm³/mol. The molecule has 1 aliphatic rings. The van der Waals surface area contributed by atoms with Crippen LogP contribution in [0.15, 0.2) is 33.4 Å². The average molecular weight is 517 g/mol. The van der Waals surface area contributed by atoms with Crippen molar-refractivity contribution >= 4 is 44.7 Å². The number of nitrogens with one attached hydrogen (secondary N) is 3. The summed E-state index contributed by atoms with van der Waals surface area (Å²) in [5, 5.41) is 10.1. The van der Waals surface area contributed by atoms with E-state index in [2.05, 4.69) is 41.6 Å². The summed E-state index contributed by atoms with van der Waals surface area (Å²) in [5.41, 5.74) is 3.28. The summed E-state index contributed by atoms with van der Waals surface area (Å²) in [6.45, 7) is 1.35. The minimum atomic E-state index is -0.355. The highest BCUT2D eigenvalue weighted by atomic mass is 79.9. The molecule has 2 aromatic heterocycles. The number of rotatable bonds is 9. The fourth-order valence-corrected chi connectivity index (χ4v) is 4.12. The number of H-pyrrole nitrogens is 1. The van der Waals surface area contributed by atoms with Gasteiger partial charge in [0.15, 0.2) is 5.76 Å². The quantitative estimate of drug-likeness (QED) is 0.374. The van der Waals surface area contributed by atoms with Crippen LogP contribution in [-0.2, 0) is 24.2 Å². The van der Waals surface area contributed by atoms with Crippen LogP contribution in [0.2, 0.25) is 0 Å². The Kier molecular flexibility index (Phi) is 6.80. The number of hydrogen-bond donors (Lipinski definition) is 3. The van der Waals surface area contributed by atoms with Crippen LogP contribution in [0.25, 0.3) is 10.9 Å². The van der Waals surface area contributed by atoms with Crippen LogP contribution < -0.4 is 10.6 Å². The van der Waals surface area contributed by atoms with Gasteiger partial charge in [-0.3, -0.25) is 14.5 Å². The Morgan fingerprint density at radius 2 is 2.09 bits per heavy atom. The Labute approximate surface area is 198 Å². The largest absolute Gasteiger partial charge is 0.358 e. The molecule has 0 radical (unpaired) electrons. The van der Waals surface area contributed by atoms with Gasteiger partial charge in [-0.15, -0.1) is 0 Å². The number of hydrogen-bond acceptors (Lipinski definition) is 6. The van der Waals surface area contributed by atoms with Gasteiger partial charge >= 0.3 is 6.03 Å². The Bertz CT molecular complexity index is 1180. The fourth-order valence-electron chi connectivity index (χ4n) is 3.79. The number of imide groups is 1. The topological polar surface area (TPSA) is 124 Å². The lowest BCUT2D eigenvalue weighted by atomic mass is 10.0. The molecule has 11 heteroatoms. The summed E-state index contributed by atoms with van der Waals surface area (Å²) in [6.07, 6.45) is 1.22. The number of carbonyl (C=O) groups excluding carboxylic acids is 3. The van der Waals surface area contributed by atoms with Gasteiger partial charge < -0.3 is 25.0 Å². The average Bonchev–Trinajstić information content (AvgIpc) is 3.46. The number of fused-ring (bicyclic) bond motifs is 1. The van der Waals surface area contributed by atoms with Crippen molar-refractivity contribution in [3.8, 4) is 0 Å². The number of aromatic amines is 1. The van der Waals surface area contributed by atoms with Crippen LogP contribution in [0.5, 0.6) is 0 Å². The van der Waals surface area contributed by atoms with Crippen molar-refractivity contribution in [3.63, 3.8) is 0 Å². The molecule has 1 fully saturated rings. The van der Waals surface area contributed by atoms with Crippen molar-refractivity contribution in [2.75, 3.05) is 33.7 Å². The number of aromatic nitrogens is 2. The molecule has 1 saturated heterocycles. The molecule has 0 saturated carbocycles. The number of amides is 4. The molecule has 4 amide bonds. The molecule has 10 nitrogen and oxygen atoms in total. The van der Waals surface area contributed by atoms with Crippen LogP contribution in [0.3, 0.4) is 0 Å². The number of likely N-dealkylation sites (N-methyl/N-ethyl adjacent to an activating group) is 1. The van der Waals surface area contributed by atoms with Gasteiger partial charge in [-0.1, -0.05) is 11.2 Å². The summed E-state index contributed by atoms with van der Waals surface area (Å²) in [6, 6.07) is 7.25.